The van der Waals surface area contributed by atoms with E-state index in [0.29, 0.717) is 11.6 Å². The monoisotopic (exact) mass is 243 g/mol. The van der Waals surface area contributed by atoms with Crippen LogP contribution in [0.3, 0.4) is 0 Å². The van der Waals surface area contributed by atoms with Crippen LogP contribution in [0, 0.1) is 0 Å². The molecule has 82 valence electrons. The predicted molar refractivity (Wildman–Crippen MR) is 65.5 cm³/mol. The Hall–Kier alpha value is -0.670. The molecule has 0 aliphatic heterocycles. The van der Waals surface area contributed by atoms with Gasteiger partial charge in [0.25, 0.3) is 0 Å². The van der Waals surface area contributed by atoms with Crippen molar-refractivity contribution in [1.82, 2.24) is 5.32 Å². The van der Waals surface area contributed by atoms with Gasteiger partial charge in [-0.1, -0.05) is 11.6 Å². The van der Waals surface area contributed by atoms with Gasteiger partial charge < -0.3 is 5.32 Å². The second-order valence-electron chi connectivity index (χ2n) is 3.11. The molecule has 0 aliphatic rings. The van der Waals surface area contributed by atoms with Crippen LogP contribution >= 0.6 is 23.4 Å². The Morgan fingerprint density at radius 2 is 2.07 bits per heavy atom. The normalized spacial score (nSPS) is 12.2. The van der Waals surface area contributed by atoms with Crippen molar-refractivity contribution in [2.24, 2.45) is 0 Å². The van der Waals surface area contributed by atoms with E-state index < -0.39 is 0 Å². The topological polar surface area (TPSA) is 29.1 Å². The zero-order chi connectivity index (χ0) is 11.3. The minimum absolute atomic E-state index is 0.0671. The summed E-state index contributed by atoms with van der Waals surface area (Å²) >= 11 is 7.30. The van der Waals surface area contributed by atoms with Crippen molar-refractivity contribution >= 4 is 29.3 Å². The Kier molecular flexibility index (Phi) is 4.99. The van der Waals surface area contributed by atoms with Gasteiger partial charge in [0.15, 0.2) is 0 Å². The van der Waals surface area contributed by atoms with Gasteiger partial charge in [-0.25, -0.2) is 0 Å². The highest BCUT2D eigenvalue weighted by Gasteiger charge is 2.12. The molecule has 0 heterocycles. The maximum Gasteiger partial charge on any atom is 0.233 e. The predicted octanol–water partition coefficient (Wildman–Crippen LogP) is 2.96. The smallest absolute Gasteiger partial charge is 0.233 e. The fourth-order valence-electron chi connectivity index (χ4n) is 1.09. The van der Waals surface area contributed by atoms with Gasteiger partial charge in [-0.15, -0.1) is 11.8 Å². The lowest BCUT2D eigenvalue weighted by Crippen LogP contribution is -2.30. The Balaban J connectivity index is 2.54. The number of carbonyl (C=O) groups excluding carboxylic acids is 1. The van der Waals surface area contributed by atoms with Crippen LogP contribution in [0.5, 0.6) is 0 Å². The first-order valence-electron chi connectivity index (χ1n) is 4.83. The molecule has 4 heteroatoms. The van der Waals surface area contributed by atoms with Crippen LogP contribution < -0.4 is 5.32 Å². The highest BCUT2D eigenvalue weighted by molar-refractivity contribution is 8.00. The summed E-state index contributed by atoms with van der Waals surface area (Å²) < 4.78 is 0. The molecular weight excluding hydrogens is 230 g/mol. The third-order valence-electron chi connectivity index (χ3n) is 1.85. The van der Waals surface area contributed by atoms with Gasteiger partial charge in [0, 0.05) is 16.5 Å². The third kappa shape index (κ3) is 4.14. The van der Waals surface area contributed by atoms with Crippen LogP contribution in [0.2, 0.25) is 5.02 Å². The van der Waals surface area contributed by atoms with Gasteiger partial charge in [-0.2, -0.15) is 0 Å². The van der Waals surface area contributed by atoms with E-state index in [1.807, 2.05) is 38.1 Å². The molecule has 1 rings (SSSR count). The molecule has 0 saturated heterocycles. The largest absolute Gasteiger partial charge is 0.355 e. The van der Waals surface area contributed by atoms with E-state index in [0.717, 1.165) is 4.90 Å². The molecule has 0 aromatic heterocycles. The van der Waals surface area contributed by atoms with Crippen LogP contribution in [0.25, 0.3) is 0 Å². The van der Waals surface area contributed by atoms with Crippen molar-refractivity contribution in [1.29, 1.82) is 0 Å². The number of carbonyl (C=O) groups is 1. The molecule has 0 unspecified atom stereocenters. The highest BCUT2D eigenvalue weighted by atomic mass is 35.5. The molecule has 0 aliphatic carbocycles. The number of hydrogen-bond donors (Lipinski definition) is 1. The van der Waals surface area contributed by atoms with Crippen molar-refractivity contribution in [2.75, 3.05) is 6.54 Å². The second-order valence-corrected chi connectivity index (χ2v) is 4.96. The Bertz CT molecular complexity index is 326. The van der Waals surface area contributed by atoms with Gasteiger partial charge >= 0.3 is 0 Å². The minimum atomic E-state index is -0.0777. The molecule has 1 aromatic rings. The van der Waals surface area contributed by atoms with Crippen LogP contribution in [0.15, 0.2) is 29.2 Å². The quantitative estimate of drug-likeness (QED) is 0.824. The molecule has 0 radical (unpaired) electrons. The molecule has 0 spiro atoms. The fourth-order valence-corrected chi connectivity index (χ4v) is 2.11. The summed E-state index contributed by atoms with van der Waals surface area (Å²) in [6, 6.07) is 7.49. The first-order chi connectivity index (χ1) is 7.13. The van der Waals surface area contributed by atoms with Crippen LogP contribution in [0.4, 0.5) is 0 Å². The second kappa shape index (κ2) is 6.03. The lowest BCUT2D eigenvalue weighted by molar-refractivity contribution is -0.120. The SMILES string of the molecule is CCNC(=O)[C@@H](C)Sc1ccc(Cl)cc1. The number of benzene rings is 1. The van der Waals surface area contributed by atoms with E-state index in [1.54, 1.807) is 0 Å². The summed E-state index contributed by atoms with van der Waals surface area (Å²) in [5.41, 5.74) is 0. The van der Waals surface area contributed by atoms with Crippen molar-refractivity contribution < 1.29 is 4.79 Å². The number of thioether (sulfide) groups is 1. The molecular formula is C11H14ClNOS. The highest BCUT2D eigenvalue weighted by Crippen LogP contribution is 2.24. The number of nitrogens with one attached hydrogen (secondary N) is 1. The summed E-state index contributed by atoms with van der Waals surface area (Å²) in [7, 11) is 0. The summed E-state index contributed by atoms with van der Waals surface area (Å²) in [6.07, 6.45) is 0. The number of amides is 1. The standard InChI is InChI=1S/C11H14ClNOS/c1-3-13-11(14)8(2)15-10-6-4-9(12)5-7-10/h4-8H,3H2,1-2H3,(H,13,14)/t8-/m1/s1. The molecule has 1 N–H and O–H groups in total. The summed E-state index contributed by atoms with van der Waals surface area (Å²) in [5, 5.41) is 3.43. The maximum atomic E-state index is 11.5. The van der Waals surface area contributed by atoms with Gasteiger partial charge in [-0.05, 0) is 38.1 Å². The molecule has 15 heavy (non-hydrogen) atoms. The number of halogens is 1. The molecule has 1 amide bonds. The molecule has 0 fully saturated rings. The van der Waals surface area contributed by atoms with Crippen LogP contribution in [-0.4, -0.2) is 17.7 Å². The summed E-state index contributed by atoms with van der Waals surface area (Å²) in [6.45, 7) is 4.48. The zero-order valence-electron chi connectivity index (χ0n) is 8.79. The average Bonchev–Trinajstić information content (AvgIpc) is 2.22. The Labute approximate surface area is 99.4 Å². The number of hydrogen-bond acceptors (Lipinski definition) is 2. The van der Waals surface area contributed by atoms with E-state index in [1.165, 1.54) is 11.8 Å². The van der Waals surface area contributed by atoms with Crippen LogP contribution in [0.1, 0.15) is 13.8 Å². The van der Waals surface area contributed by atoms with E-state index in [9.17, 15) is 4.79 Å². The third-order valence-corrected chi connectivity index (χ3v) is 3.21. The van der Waals surface area contributed by atoms with E-state index in [-0.39, 0.29) is 11.2 Å². The van der Waals surface area contributed by atoms with Gasteiger partial charge in [0.05, 0.1) is 5.25 Å². The maximum absolute atomic E-state index is 11.5. The van der Waals surface area contributed by atoms with Gasteiger partial charge in [-0.3, -0.25) is 4.79 Å². The molecule has 1 aromatic carbocycles. The van der Waals surface area contributed by atoms with E-state index >= 15 is 0 Å². The lowest BCUT2D eigenvalue weighted by Gasteiger charge is -2.10. The van der Waals surface area contributed by atoms with Crippen molar-refractivity contribution in [3.8, 4) is 0 Å². The van der Waals surface area contributed by atoms with Gasteiger partial charge in [0.1, 0.15) is 0 Å². The first-order valence-corrected chi connectivity index (χ1v) is 6.09. The first kappa shape index (κ1) is 12.4. The van der Waals surface area contributed by atoms with Crippen molar-refractivity contribution in [2.45, 2.75) is 24.0 Å². The van der Waals surface area contributed by atoms with Crippen LogP contribution in [-0.2, 0) is 4.79 Å². The molecule has 0 saturated carbocycles. The van der Waals surface area contributed by atoms with Crippen molar-refractivity contribution in [3.05, 3.63) is 29.3 Å². The summed E-state index contributed by atoms with van der Waals surface area (Å²) in [5.74, 6) is 0.0671. The van der Waals surface area contributed by atoms with E-state index in [2.05, 4.69) is 5.32 Å². The van der Waals surface area contributed by atoms with Gasteiger partial charge in [0.2, 0.25) is 5.91 Å². The molecule has 0 bridgehead atoms. The number of rotatable bonds is 4. The molecule has 2 nitrogen and oxygen atoms in total. The average molecular weight is 244 g/mol. The molecule has 1 atom stereocenters. The fraction of sp³-hybridized carbons (Fsp3) is 0.364. The Morgan fingerprint density at radius 1 is 1.47 bits per heavy atom. The van der Waals surface area contributed by atoms with E-state index in [4.69, 9.17) is 11.6 Å². The lowest BCUT2D eigenvalue weighted by atomic mass is 10.4. The Morgan fingerprint density at radius 3 is 2.60 bits per heavy atom. The minimum Gasteiger partial charge on any atom is -0.355 e. The zero-order valence-corrected chi connectivity index (χ0v) is 10.4. The summed E-state index contributed by atoms with van der Waals surface area (Å²) in [4.78, 5) is 12.5. The van der Waals surface area contributed by atoms with Crippen molar-refractivity contribution in [3.63, 3.8) is 0 Å².